The fourth-order valence-corrected chi connectivity index (χ4v) is 3.00. The van der Waals surface area contributed by atoms with Crippen molar-refractivity contribution < 1.29 is 18.8 Å². The van der Waals surface area contributed by atoms with E-state index in [1.165, 1.54) is 6.26 Å². The molecule has 136 valence electrons. The Balaban J connectivity index is 1.56. The van der Waals surface area contributed by atoms with Crippen molar-refractivity contribution in [1.29, 1.82) is 0 Å². The number of primary amides is 1. The number of imide groups is 1. The average molecular weight is 356 g/mol. The van der Waals surface area contributed by atoms with E-state index in [1.807, 2.05) is 24.3 Å². The highest BCUT2D eigenvalue weighted by Crippen LogP contribution is 2.22. The summed E-state index contributed by atoms with van der Waals surface area (Å²) >= 11 is 0. The molecule has 1 aliphatic heterocycles. The first-order valence-electron chi connectivity index (χ1n) is 8.23. The maximum atomic E-state index is 12.2. The maximum absolute atomic E-state index is 12.2. The second-order valence-electron chi connectivity index (χ2n) is 6.11. The van der Waals surface area contributed by atoms with Gasteiger partial charge in [0.15, 0.2) is 0 Å². The number of nitrogens with zero attached hydrogens (tertiary/aromatic N) is 1. The number of nitrogens with one attached hydrogen (secondary N) is 2. The SMILES string of the molecule is NC(=O)[C@@H]1Cc2ccccc2CN1CC(=O)NC(=O)NCc1ccco1. The third kappa shape index (κ3) is 4.28. The molecule has 0 saturated carbocycles. The lowest BCUT2D eigenvalue weighted by Gasteiger charge is -2.34. The Kier molecular flexibility index (Phi) is 5.33. The van der Waals surface area contributed by atoms with Gasteiger partial charge in [0.2, 0.25) is 11.8 Å². The van der Waals surface area contributed by atoms with E-state index >= 15 is 0 Å². The number of hydrogen-bond donors (Lipinski definition) is 3. The van der Waals surface area contributed by atoms with Crippen molar-refractivity contribution >= 4 is 17.8 Å². The lowest BCUT2D eigenvalue weighted by atomic mass is 9.93. The maximum Gasteiger partial charge on any atom is 0.321 e. The number of carbonyl (C=O) groups is 3. The van der Waals surface area contributed by atoms with Gasteiger partial charge in [0.1, 0.15) is 5.76 Å². The molecule has 3 rings (SSSR count). The number of benzene rings is 1. The monoisotopic (exact) mass is 356 g/mol. The minimum atomic E-state index is -0.626. The number of urea groups is 1. The van der Waals surface area contributed by atoms with Gasteiger partial charge in [0.05, 0.1) is 25.4 Å². The van der Waals surface area contributed by atoms with Crippen molar-refractivity contribution in [3.05, 3.63) is 59.5 Å². The first kappa shape index (κ1) is 17.7. The van der Waals surface area contributed by atoms with Crippen molar-refractivity contribution in [1.82, 2.24) is 15.5 Å². The molecule has 0 unspecified atom stereocenters. The number of carbonyl (C=O) groups excluding carboxylic acids is 3. The summed E-state index contributed by atoms with van der Waals surface area (Å²) in [5.74, 6) is -0.420. The smallest absolute Gasteiger partial charge is 0.321 e. The fraction of sp³-hybridized carbons (Fsp3) is 0.278. The average Bonchev–Trinajstić information content (AvgIpc) is 3.12. The summed E-state index contributed by atoms with van der Waals surface area (Å²) in [5.41, 5.74) is 7.58. The molecule has 0 spiro atoms. The van der Waals surface area contributed by atoms with Gasteiger partial charge in [-0.05, 0) is 29.7 Å². The van der Waals surface area contributed by atoms with Crippen LogP contribution in [0.1, 0.15) is 16.9 Å². The zero-order chi connectivity index (χ0) is 18.5. The molecule has 0 bridgehead atoms. The van der Waals surface area contributed by atoms with Gasteiger partial charge in [0.25, 0.3) is 0 Å². The van der Waals surface area contributed by atoms with Crippen molar-refractivity contribution in [2.75, 3.05) is 6.54 Å². The molecule has 8 nitrogen and oxygen atoms in total. The van der Waals surface area contributed by atoms with E-state index in [2.05, 4.69) is 10.6 Å². The Morgan fingerprint density at radius 2 is 1.92 bits per heavy atom. The van der Waals surface area contributed by atoms with Crippen molar-refractivity contribution in [3.8, 4) is 0 Å². The Bertz CT molecular complexity index is 803. The second-order valence-corrected chi connectivity index (χ2v) is 6.11. The zero-order valence-corrected chi connectivity index (χ0v) is 14.1. The molecule has 0 radical (unpaired) electrons. The molecule has 2 aromatic rings. The summed E-state index contributed by atoms with van der Waals surface area (Å²) in [4.78, 5) is 37.4. The molecule has 1 aliphatic rings. The summed E-state index contributed by atoms with van der Waals surface area (Å²) < 4.78 is 5.10. The van der Waals surface area contributed by atoms with Crippen LogP contribution in [-0.2, 0) is 29.1 Å². The third-order valence-electron chi connectivity index (χ3n) is 4.28. The zero-order valence-electron chi connectivity index (χ0n) is 14.1. The molecule has 0 fully saturated rings. The largest absolute Gasteiger partial charge is 0.467 e. The van der Waals surface area contributed by atoms with Gasteiger partial charge in [-0.2, -0.15) is 0 Å². The van der Waals surface area contributed by atoms with Gasteiger partial charge in [-0.25, -0.2) is 4.79 Å². The van der Waals surface area contributed by atoms with Crippen LogP contribution in [-0.4, -0.2) is 35.3 Å². The van der Waals surface area contributed by atoms with Crippen LogP contribution >= 0.6 is 0 Å². The molecule has 0 aliphatic carbocycles. The van der Waals surface area contributed by atoms with E-state index in [-0.39, 0.29) is 13.1 Å². The lowest BCUT2D eigenvalue weighted by molar-refractivity contribution is -0.127. The molecular formula is C18H20N4O4. The van der Waals surface area contributed by atoms with Crippen LogP contribution in [0, 0.1) is 0 Å². The minimum absolute atomic E-state index is 0.101. The van der Waals surface area contributed by atoms with Gasteiger partial charge in [-0.15, -0.1) is 0 Å². The molecule has 26 heavy (non-hydrogen) atoms. The highest BCUT2D eigenvalue weighted by molar-refractivity contribution is 5.95. The molecule has 8 heteroatoms. The molecule has 1 aromatic heterocycles. The van der Waals surface area contributed by atoms with Crippen LogP contribution in [0.3, 0.4) is 0 Å². The molecule has 4 amide bonds. The van der Waals surface area contributed by atoms with E-state index in [9.17, 15) is 14.4 Å². The number of furan rings is 1. The Hall–Kier alpha value is -3.13. The van der Waals surface area contributed by atoms with E-state index in [4.69, 9.17) is 10.2 Å². The number of amides is 4. The van der Waals surface area contributed by atoms with E-state index in [0.717, 1.165) is 11.1 Å². The van der Waals surface area contributed by atoms with Gasteiger partial charge in [-0.3, -0.25) is 19.8 Å². The van der Waals surface area contributed by atoms with Gasteiger partial charge in [-0.1, -0.05) is 24.3 Å². The Labute approximate surface area is 150 Å². The summed E-state index contributed by atoms with van der Waals surface area (Å²) in [6.45, 7) is 0.494. The number of fused-ring (bicyclic) bond motifs is 1. The van der Waals surface area contributed by atoms with E-state index < -0.39 is 23.9 Å². The summed E-state index contributed by atoms with van der Waals surface area (Å²) in [7, 11) is 0. The van der Waals surface area contributed by atoms with Crippen LogP contribution < -0.4 is 16.4 Å². The highest BCUT2D eigenvalue weighted by atomic mass is 16.3. The van der Waals surface area contributed by atoms with Crippen molar-refractivity contribution in [2.24, 2.45) is 5.73 Å². The van der Waals surface area contributed by atoms with Crippen LogP contribution in [0.5, 0.6) is 0 Å². The van der Waals surface area contributed by atoms with Gasteiger partial charge in [0, 0.05) is 6.54 Å². The Morgan fingerprint density at radius 3 is 2.62 bits per heavy atom. The topological polar surface area (TPSA) is 118 Å². The minimum Gasteiger partial charge on any atom is -0.467 e. The fourth-order valence-electron chi connectivity index (χ4n) is 3.00. The first-order chi connectivity index (χ1) is 12.5. The van der Waals surface area contributed by atoms with Gasteiger partial charge >= 0.3 is 6.03 Å². The normalized spacial score (nSPS) is 16.5. The number of hydrogen-bond acceptors (Lipinski definition) is 5. The molecule has 2 heterocycles. The second kappa shape index (κ2) is 7.83. The number of rotatable bonds is 5. The molecular weight excluding hydrogens is 336 g/mol. The van der Waals surface area contributed by atoms with Crippen LogP contribution in [0.15, 0.2) is 47.1 Å². The van der Waals surface area contributed by atoms with Gasteiger partial charge < -0.3 is 15.5 Å². The highest BCUT2D eigenvalue weighted by Gasteiger charge is 2.31. The summed E-state index contributed by atoms with van der Waals surface area (Å²) in [6, 6.07) is 9.93. The van der Waals surface area contributed by atoms with Crippen LogP contribution in [0.4, 0.5) is 4.79 Å². The number of nitrogens with two attached hydrogens (primary N) is 1. The predicted molar refractivity (Wildman–Crippen MR) is 92.6 cm³/mol. The quantitative estimate of drug-likeness (QED) is 0.722. The van der Waals surface area contributed by atoms with Crippen LogP contribution in [0.25, 0.3) is 0 Å². The third-order valence-corrected chi connectivity index (χ3v) is 4.28. The predicted octanol–water partition coefficient (Wildman–Crippen LogP) is 0.518. The molecule has 4 N–H and O–H groups in total. The standard InChI is InChI=1S/C18H20N4O4/c19-17(24)15-8-12-4-1-2-5-13(12)10-22(15)11-16(23)21-18(25)20-9-14-6-3-7-26-14/h1-7,15H,8-11H2,(H2,19,24)(H2,20,21,23,25)/t15-/m0/s1. The van der Waals surface area contributed by atoms with Crippen molar-refractivity contribution in [2.45, 2.75) is 25.6 Å². The summed E-state index contributed by atoms with van der Waals surface area (Å²) in [5, 5.41) is 4.78. The molecule has 1 aromatic carbocycles. The molecule has 1 atom stereocenters. The Morgan fingerprint density at radius 1 is 1.15 bits per heavy atom. The first-order valence-corrected chi connectivity index (χ1v) is 8.23. The van der Waals surface area contributed by atoms with Crippen molar-refractivity contribution in [3.63, 3.8) is 0 Å². The molecule has 0 saturated heterocycles. The van der Waals surface area contributed by atoms with E-state index in [0.29, 0.717) is 18.7 Å². The van der Waals surface area contributed by atoms with E-state index in [1.54, 1.807) is 17.0 Å². The summed E-state index contributed by atoms with van der Waals surface area (Å²) in [6.07, 6.45) is 1.95. The van der Waals surface area contributed by atoms with Crippen LogP contribution in [0.2, 0.25) is 0 Å². The lowest BCUT2D eigenvalue weighted by Crippen LogP contribution is -2.53.